The maximum absolute atomic E-state index is 11.7. The molecule has 1 saturated carbocycles. The summed E-state index contributed by atoms with van der Waals surface area (Å²) < 4.78 is 6.36. The fourth-order valence-electron chi connectivity index (χ4n) is 2.39. The monoisotopic (exact) mass is 300 g/mol. The minimum absolute atomic E-state index is 0.0784. The van der Waals surface area contributed by atoms with Crippen LogP contribution in [0, 0.1) is 5.92 Å². The van der Waals surface area contributed by atoms with E-state index in [1.165, 1.54) is 0 Å². The van der Waals surface area contributed by atoms with Crippen molar-refractivity contribution in [1.82, 2.24) is 0 Å². The smallest absolute Gasteiger partial charge is 0.310 e. The van der Waals surface area contributed by atoms with Crippen LogP contribution in [0.5, 0.6) is 0 Å². The molecule has 1 aliphatic rings. The second kappa shape index (κ2) is 6.39. The van der Waals surface area contributed by atoms with E-state index in [2.05, 4.69) is 33.9 Å². The van der Waals surface area contributed by atoms with Crippen molar-refractivity contribution in [1.29, 1.82) is 0 Å². The fraction of sp³-hybridized carbons (Fsp3) is 0.867. The fourth-order valence-corrected chi connectivity index (χ4v) is 3.81. The Morgan fingerprint density at radius 2 is 1.65 bits per heavy atom. The van der Waals surface area contributed by atoms with Gasteiger partial charge >= 0.3 is 5.97 Å². The van der Waals surface area contributed by atoms with Gasteiger partial charge < -0.3 is 9.53 Å². The van der Waals surface area contributed by atoms with Crippen molar-refractivity contribution >= 4 is 20.1 Å². The molecule has 0 aromatic rings. The maximum Gasteiger partial charge on any atom is 0.310 e. The van der Waals surface area contributed by atoms with Gasteiger partial charge in [-0.2, -0.15) is 0 Å². The van der Waals surface area contributed by atoms with E-state index in [-0.39, 0.29) is 29.3 Å². The van der Waals surface area contributed by atoms with Gasteiger partial charge in [0.1, 0.15) is 12.2 Å². The van der Waals surface area contributed by atoms with Crippen LogP contribution < -0.4 is 0 Å². The van der Waals surface area contributed by atoms with Gasteiger partial charge in [-0.05, 0) is 43.8 Å². The van der Waals surface area contributed by atoms with Crippen LogP contribution in [-0.2, 0) is 14.0 Å². The first kappa shape index (κ1) is 17.4. The summed E-state index contributed by atoms with van der Waals surface area (Å²) >= 11 is 0. The molecule has 0 heterocycles. The molecule has 1 N–H and O–H groups in total. The zero-order chi connectivity index (χ0) is 15.6. The van der Waals surface area contributed by atoms with Crippen LogP contribution in [0.25, 0.3) is 0 Å². The summed E-state index contributed by atoms with van der Waals surface area (Å²) in [4.78, 5) is 22.3. The van der Waals surface area contributed by atoms with Crippen molar-refractivity contribution in [3.63, 3.8) is 0 Å². The highest BCUT2D eigenvalue weighted by molar-refractivity contribution is 6.74. The summed E-state index contributed by atoms with van der Waals surface area (Å²) in [5.74, 6) is -1.22. The van der Waals surface area contributed by atoms with Crippen LogP contribution in [0.15, 0.2) is 0 Å². The molecule has 0 saturated heterocycles. The molecule has 0 amide bonds. The van der Waals surface area contributed by atoms with Crippen LogP contribution in [0.2, 0.25) is 18.1 Å². The molecule has 0 aromatic carbocycles. The molecule has 0 aliphatic heterocycles. The topological polar surface area (TPSA) is 63.6 Å². The SMILES string of the molecule is CC(C)(C)[Si](C)(C)OC1CCC(C(=O)CC(=O)O)CC1. The molecule has 1 rings (SSSR count). The summed E-state index contributed by atoms with van der Waals surface area (Å²) in [6, 6.07) is 0. The molecule has 0 atom stereocenters. The lowest BCUT2D eigenvalue weighted by Gasteiger charge is -2.41. The summed E-state index contributed by atoms with van der Waals surface area (Å²) in [6.07, 6.45) is 3.20. The molecule has 1 aliphatic carbocycles. The standard InChI is InChI=1S/C15H28O4Si/c1-15(2,3)20(4,5)19-12-8-6-11(7-9-12)13(16)10-14(17)18/h11-12H,6-10H2,1-5H3,(H,17,18). The molecule has 0 unspecified atom stereocenters. The molecule has 0 bridgehead atoms. The van der Waals surface area contributed by atoms with E-state index in [4.69, 9.17) is 9.53 Å². The summed E-state index contributed by atoms with van der Waals surface area (Å²) in [5, 5.41) is 8.87. The van der Waals surface area contributed by atoms with Crippen molar-refractivity contribution in [2.45, 2.75) is 77.1 Å². The Morgan fingerprint density at radius 1 is 1.15 bits per heavy atom. The van der Waals surface area contributed by atoms with Crippen LogP contribution in [0.1, 0.15) is 52.9 Å². The largest absolute Gasteiger partial charge is 0.481 e. The van der Waals surface area contributed by atoms with Crippen LogP contribution in [0.3, 0.4) is 0 Å². The third-order valence-corrected chi connectivity index (χ3v) is 9.26. The van der Waals surface area contributed by atoms with E-state index in [1.807, 2.05) is 0 Å². The number of carbonyl (C=O) groups excluding carboxylic acids is 1. The number of rotatable bonds is 5. The third-order valence-electron chi connectivity index (χ3n) is 4.72. The van der Waals surface area contributed by atoms with Crippen molar-refractivity contribution in [3.8, 4) is 0 Å². The first-order chi connectivity index (χ1) is 9.03. The molecular weight excluding hydrogens is 272 g/mol. The number of ketones is 1. The highest BCUT2D eigenvalue weighted by atomic mass is 28.4. The molecule has 5 heteroatoms. The van der Waals surface area contributed by atoms with Crippen molar-refractivity contribution in [2.24, 2.45) is 5.92 Å². The second-order valence-corrected chi connectivity index (χ2v) is 12.1. The van der Waals surface area contributed by atoms with Gasteiger partial charge in [-0.25, -0.2) is 0 Å². The van der Waals surface area contributed by atoms with Gasteiger partial charge in [0.05, 0.1) is 0 Å². The molecule has 116 valence electrons. The molecule has 0 spiro atoms. The highest BCUT2D eigenvalue weighted by Gasteiger charge is 2.40. The molecule has 20 heavy (non-hydrogen) atoms. The second-order valence-electron chi connectivity index (χ2n) is 7.39. The van der Waals surface area contributed by atoms with E-state index in [0.29, 0.717) is 0 Å². The van der Waals surface area contributed by atoms with Gasteiger partial charge in [0, 0.05) is 12.0 Å². The maximum atomic E-state index is 11.7. The molecule has 1 fully saturated rings. The number of hydrogen-bond acceptors (Lipinski definition) is 3. The minimum atomic E-state index is -1.75. The first-order valence-electron chi connectivity index (χ1n) is 7.45. The number of carbonyl (C=O) groups is 2. The molecule has 4 nitrogen and oxygen atoms in total. The zero-order valence-electron chi connectivity index (χ0n) is 13.4. The third kappa shape index (κ3) is 4.70. The Bertz CT molecular complexity index is 363. The quantitative estimate of drug-likeness (QED) is 0.622. The summed E-state index contributed by atoms with van der Waals surface area (Å²) in [7, 11) is -1.75. The average Bonchev–Trinajstić information content (AvgIpc) is 2.26. The Morgan fingerprint density at radius 3 is 2.05 bits per heavy atom. The molecule has 0 radical (unpaired) electrons. The van der Waals surface area contributed by atoms with Gasteiger partial charge in [-0.1, -0.05) is 20.8 Å². The van der Waals surface area contributed by atoms with Gasteiger partial charge in [-0.15, -0.1) is 0 Å². The average molecular weight is 300 g/mol. The lowest BCUT2D eigenvalue weighted by Crippen LogP contribution is -2.45. The summed E-state index contributed by atoms with van der Waals surface area (Å²) in [6.45, 7) is 11.2. The van der Waals surface area contributed by atoms with Crippen molar-refractivity contribution < 1.29 is 19.1 Å². The minimum Gasteiger partial charge on any atom is -0.481 e. The number of aliphatic carboxylic acids is 1. The number of hydrogen-bond donors (Lipinski definition) is 1. The van der Waals surface area contributed by atoms with Gasteiger partial charge in [0.25, 0.3) is 0 Å². The normalized spacial score (nSPS) is 24.4. The van der Waals surface area contributed by atoms with Crippen LogP contribution >= 0.6 is 0 Å². The van der Waals surface area contributed by atoms with E-state index in [1.54, 1.807) is 0 Å². The predicted octanol–water partition coefficient (Wildman–Crippen LogP) is 3.61. The van der Waals surface area contributed by atoms with E-state index in [9.17, 15) is 9.59 Å². The van der Waals surface area contributed by atoms with Gasteiger partial charge in [-0.3, -0.25) is 9.59 Å². The summed E-state index contributed by atoms with van der Waals surface area (Å²) in [5.41, 5.74) is 0. The Hall–Kier alpha value is -0.683. The van der Waals surface area contributed by atoms with Gasteiger partial charge in [0.2, 0.25) is 0 Å². The predicted molar refractivity (Wildman–Crippen MR) is 81.3 cm³/mol. The Balaban J connectivity index is 2.47. The van der Waals surface area contributed by atoms with Gasteiger partial charge in [0.15, 0.2) is 8.32 Å². The zero-order valence-corrected chi connectivity index (χ0v) is 14.4. The van der Waals surface area contributed by atoms with E-state index >= 15 is 0 Å². The first-order valence-corrected chi connectivity index (χ1v) is 10.4. The number of carboxylic acid groups (broad SMARTS) is 1. The van der Waals surface area contributed by atoms with Crippen LogP contribution in [0.4, 0.5) is 0 Å². The Kier molecular flexibility index (Phi) is 5.55. The highest BCUT2D eigenvalue weighted by Crippen LogP contribution is 2.39. The van der Waals surface area contributed by atoms with Crippen molar-refractivity contribution in [2.75, 3.05) is 0 Å². The lowest BCUT2D eigenvalue weighted by atomic mass is 9.84. The van der Waals surface area contributed by atoms with Crippen LogP contribution in [-0.4, -0.2) is 31.3 Å². The number of Topliss-reactive ketones (excluding diaryl/α,β-unsaturated/α-hetero) is 1. The lowest BCUT2D eigenvalue weighted by molar-refractivity contribution is -0.141. The molecular formula is C15H28O4Si. The Labute approximate surface area is 123 Å². The van der Waals surface area contributed by atoms with Crippen molar-refractivity contribution in [3.05, 3.63) is 0 Å². The van der Waals surface area contributed by atoms with E-state index < -0.39 is 14.3 Å². The van der Waals surface area contributed by atoms with E-state index in [0.717, 1.165) is 25.7 Å². The molecule has 0 aromatic heterocycles. The number of carboxylic acids is 1.